The molecule has 0 aliphatic carbocycles. The van der Waals surface area contributed by atoms with Gasteiger partial charge < -0.3 is 19.5 Å². The van der Waals surface area contributed by atoms with Crippen molar-refractivity contribution in [1.82, 2.24) is 14.8 Å². The van der Waals surface area contributed by atoms with Crippen molar-refractivity contribution >= 4 is 22.7 Å². The lowest BCUT2D eigenvalue weighted by Crippen LogP contribution is -2.54. The predicted molar refractivity (Wildman–Crippen MR) is 89.9 cm³/mol. The van der Waals surface area contributed by atoms with E-state index in [1.54, 1.807) is 11.9 Å². The molecule has 1 N–H and O–H groups in total. The van der Waals surface area contributed by atoms with Crippen LogP contribution in [0, 0.1) is 6.92 Å². The lowest BCUT2D eigenvalue weighted by molar-refractivity contribution is -0.158. The van der Waals surface area contributed by atoms with E-state index >= 15 is 0 Å². The maximum atomic E-state index is 12.8. The molecule has 4 rings (SSSR count). The number of fused-ring (bicyclic) bond motifs is 1. The molecule has 6 heteroatoms. The molecule has 0 unspecified atom stereocenters. The number of hydrogen-bond acceptors (Lipinski definition) is 3. The van der Waals surface area contributed by atoms with E-state index in [0.29, 0.717) is 25.3 Å². The molecule has 2 amide bonds. The predicted octanol–water partition coefficient (Wildman–Crippen LogP) is 1.55. The molecular weight excluding hydrogens is 306 g/mol. The number of ether oxygens (including phenoxy) is 1. The van der Waals surface area contributed by atoms with Crippen LogP contribution in [-0.4, -0.2) is 65.5 Å². The Hall–Kier alpha value is -2.34. The van der Waals surface area contributed by atoms with Gasteiger partial charge in [0.05, 0.1) is 13.1 Å². The zero-order valence-electron chi connectivity index (χ0n) is 14.0. The Labute approximate surface area is 140 Å². The Morgan fingerprint density at radius 2 is 2.12 bits per heavy atom. The molecule has 2 aliphatic heterocycles. The highest BCUT2D eigenvalue weighted by molar-refractivity contribution is 5.98. The van der Waals surface area contributed by atoms with Crippen molar-refractivity contribution in [2.45, 2.75) is 18.9 Å². The van der Waals surface area contributed by atoms with Gasteiger partial charge in [0.2, 0.25) is 5.91 Å². The number of rotatable bonds is 1. The van der Waals surface area contributed by atoms with E-state index in [1.165, 1.54) is 5.56 Å². The highest BCUT2D eigenvalue weighted by atomic mass is 16.5. The molecule has 1 spiro atoms. The van der Waals surface area contributed by atoms with E-state index in [-0.39, 0.29) is 18.4 Å². The number of nitrogens with zero attached hydrogens (tertiary/aromatic N) is 2. The lowest BCUT2D eigenvalue weighted by atomic mass is 10.0. The number of H-pyrrole nitrogens is 1. The van der Waals surface area contributed by atoms with Crippen LogP contribution in [0.15, 0.2) is 24.3 Å². The molecule has 2 aliphatic rings. The first-order valence-electron chi connectivity index (χ1n) is 8.22. The van der Waals surface area contributed by atoms with Crippen molar-refractivity contribution in [3.63, 3.8) is 0 Å². The number of likely N-dealkylation sites (N-methyl/N-ethyl adjacent to an activating group) is 1. The number of hydrogen-bond donors (Lipinski definition) is 1. The van der Waals surface area contributed by atoms with Gasteiger partial charge in [-0.1, -0.05) is 11.6 Å². The number of benzene rings is 1. The number of amides is 2. The third-order valence-corrected chi connectivity index (χ3v) is 5.06. The molecule has 2 fully saturated rings. The van der Waals surface area contributed by atoms with E-state index in [2.05, 4.69) is 11.1 Å². The van der Waals surface area contributed by atoms with Crippen LogP contribution >= 0.6 is 0 Å². The zero-order chi connectivity index (χ0) is 16.9. The average molecular weight is 327 g/mol. The molecule has 1 aromatic carbocycles. The van der Waals surface area contributed by atoms with Crippen molar-refractivity contribution < 1.29 is 14.3 Å². The number of carbonyl (C=O) groups excluding carboxylic acids is 2. The maximum Gasteiger partial charge on any atom is 0.270 e. The molecule has 6 nitrogen and oxygen atoms in total. The van der Waals surface area contributed by atoms with Crippen LogP contribution in [0.5, 0.6) is 0 Å². The molecule has 3 heterocycles. The van der Waals surface area contributed by atoms with Gasteiger partial charge in [-0.25, -0.2) is 0 Å². The van der Waals surface area contributed by atoms with Crippen LogP contribution in [0.1, 0.15) is 22.5 Å². The number of aryl methyl sites for hydroxylation is 1. The van der Waals surface area contributed by atoms with Gasteiger partial charge in [0.1, 0.15) is 17.9 Å². The topological polar surface area (TPSA) is 65.6 Å². The minimum absolute atomic E-state index is 0.00334. The Morgan fingerprint density at radius 1 is 1.29 bits per heavy atom. The smallest absolute Gasteiger partial charge is 0.270 e. The summed E-state index contributed by atoms with van der Waals surface area (Å²) in [4.78, 5) is 31.2. The number of aromatic nitrogens is 1. The van der Waals surface area contributed by atoms with Crippen LogP contribution < -0.4 is 0 Å². The van der Waals surface area contributed by atoms with Gasteiger partial charge in [0, 0.05) is 24.5 Å². The van der Waals surface area contributed by atoms with E-state index in [9.17, 15) is 9.59 Å². The average Bonchev–Trinajstić information content (AvgIpc) is 3.15. The molecular formula is C18H21N3O3. The molecule has 0 bridgehead atoms. The zero-order valence-corrected chi connectivity index (χ0v) is 14.0. The van der Waals surface area contributed by atoms with Crippen LogP contribution in [0.3, 0.4) is 0 Å². The molecule has 2 aromatic rings. The second-order valence-corrected chi connectivity index (χ2v) is 6.97. The van der Waals surface area contributed by atoms with E-state index in [0.717, 1.165) is 17.3 Å². The van der Waals surface area contributed by atoms with Crippen LogP contribution in [0.4, 0.5) is 0 Å². The van der Waals surface area contributed by atoms with Crippen LogP contribution in [-0.2, 0) is 9.53 Å². The van der Waals surface area contributed by atoms with E-state index in [1.807, 2.05) is 30.0 Å². The van der Waals surface area contributed by atoms with Gasteiger partial charge >= 0.3 is 0 Å². The minimum Gasteiger partial charge on any atom is -0.361 e. The van der Waals surface area contributed by atoms with Crippen molar-refractivity contribution in [1.29, 1.82) is 0 Å². The lowest BCUT2D eigenvalue weighted by Gasteiger charge is -2.38. The van der Waals surface area contributed by atoms with Gasteiger partial charge in [-0.05, 0) is 31.5 Å². The fourth-order valence-corrected chi connectivity index (χ4v) is 3.69. The summed E-state index contributed by atoms with van der Waals surface area (Å²) in [6.45, 7) is 3.86. The van der Waals surface area contributed by atoms with Crippen LogP contribution in [0.2, 0.25) is 0 Å². The molecule has 0 saturated carbocycles. The summed E-state index contributed by atoms with van der Waals surface area (Å²) in [6, 6.07) is 8.00. The highest BCUT2D eigenvalue weighted by Gasteiger charge is 2.45. The Morgan fingerprint density at radius 3 is 2.92 bits per heavy atom. The first-order chi connectivity index (χ1) is 11.5. The number of carbonyl (C=O) groups is 2. The van der Waals surface area contributed by atoms with Gasteiger partial charge in [0.15, 0.2) is 0 Å². The minimum atomic E-state index is -0.416. The van der Waals surface area contributed by atoms with Crippen molar-refractivity contribution in [2.75, 3.05) is 33.3 Å². The van der Waals surface area contributed by atoms with Gasteiger partial charge in [0.25, 0.3) is 5.91 Å². The molecule has 1 aromatic heterocycles. The van der Waals surface area contributed by atoms with Crippen molar-refractivity contribution in [2.24, 2.45) is 0 Å². The fourth-order valence-electron chi connectivity index (χ4n) is 3.69. The molecule has 2 saturated heterocycles. The first kappa shape index (κ1) is 15.2. The first-order valence-corrected chi connectivity index (χ1v) is 8.22. The third kappa shape index (κ3) is 2.47. The third-order valence-electron chi connectivity index (χ3n) is 5.06. The summed E-state index contributed by atoms with van der Waals surface area (Å²) in [5, 5.41) is 1.05. The van der Waals surface area contributed by atoms with Crippen molar-refractivity contribution in [3.8, 4) is 0 Å². The normalized spacial score (nSPS) is 24.3. The number of nitrogens with one attached hydrogen (secondary N) is 1. The Kier molecular flexibility index (Phi) is 3.38. The summed E-state index contributed by atoms with van der Waals surface area (Å²) >= 11 is 0. The second kappa shape index (κ2) is 5.34. The Bertz CT molecular complexity index is 828. The van der Waals surface area contributed by atoms with Gasteiger partial charge in [-0.2, -0.15) is 0 Å². The quantitative estimate of drug-likeness (QED) is 0.864. The standard InChI is InChI=1S/C18H21N3O3/c1-12-3-4-14-13(7-12)8-15(19-14)17(23)21-6-5-18(11-21)10-20(2)16(22)9-24-18/h3-4,7-8,19H,5-6,9-11H2,1-2H3/t18-/m0/s1. The van der Waals surface area contributed by atoms with E-state index in [4.69, 9.17) is 4.74 Å². The largest absolute Gasteiger partial charge is 0.361 e. The van der Waals surface area contributed by atoms with E-state index < -0.39 is 5.60 Å². The number of morpholine rings is 1. The summed E-state index contributed by atoms with van der Waals surface area (Å²) in [5.41, 5.74) is 2.33. The summed E-state index contributed by atoms with van der Waals surface area (Å²) < 4.78 is 5.80. The molecule has 0 radical (unpaired) electrons. The molecule has 126 valence electrons. The second-order valence-electron chi connectivity index (χ2n) is 6.97. The Balaban J connectivity index is 1.53. The highest BCUT2D eigenvalue weighted by Crippen LogP contribution is 2.30. The number of aromatic amines is 1. The molecule has 1 atom stereocenters. The monoisotopic (exact) mass is 327 g/mol. The fraction of sp³-hybridized carbons (Fsp3) is 0.444. The SMILES string of the molecule is Cc1ccc2[nH]c(C(=O)N3CC[C@]4(CN(C)C(=O)CO4)C3)cc2c1. The summed E-state index contributed by atoms with van der Waals surface area (Å²) in [6.07, 6.45) is 0.760. The van der Waals surface area contributed by atoms with Crippen LogP contribution in [0.25, 0.3) is 10.9 Å². The molecule has 24 heavy (non-hydrogen) atoms. The number of likely N-dealkylation sites (tertiary alicyclic amines) is 1. The maximum absolute atomic E-state index is 12.8. The van der Waals surface area contributed by atoms with Crippen molar-refractivity contribution in [3.05, 3.63) is 35.5 Å². The van der Waals surface area contributed by atoms with Gasteiger partial charge in [-0.3, -0.25) is 9.59 Å². The van der Waals surface area contributed by atoms with Gasteiger partial charge in [-0.15, -0.1) is 0 Å². The summed E-state index contributed by atoms with van der Waals surface area (Å²) in [5.74, 6) is -0.0136. The summed E-state index contributed by atoms with van der Waals surface area (Å²) in [7, 11) is 1.79.